The molecule has 0 atom stereocenters. The van der Waals surface area contributed by atoms with Gasteiger partial charge in [-0.1, -0.05) is 6.92 Å². The number of hydrogen-bond donors (Lipinski definition) is 1. The lowest BCUT2D eigenvalue weighted by atomic mass is 10.2. The number of nitrogens with one attached hydrogen (secondary N) is 1. The zero-order valence-electron chi connectivity index (χ0n) is 11.4. The summed E-state index contributed by atoms with van der Waals surface area (Å²) in [6, 6.07) is 0. The van der Waals surface area contributed by atoms with Crippen LogP contribution in [0.1, 0.15) is 18.9 Å². The molecule has 0 unspecified atom stereocenters. The Balaban J connectivity index is 2.10. The highest BCUT2D eigenvalue weighted by Crippen LogP contribution is 2.17. The van der Waals surface area contributed by atoms with Crippen molar-refractivity contribution in [1.29, 1.82) is 0 Å². The van der Waals surface area contributed by atoms with Gasteiger partial charge in [-0.05, 0) is 26.6 Å². The van der Waals surface area contributed by atoms with Gasteiger partial charge in [0.2, 0.25) is 0 Å². The molecule has 1 aliphatic heterocycles. The molecule has 0 bridgehead atoms. The molecule has 18 heavy (non-hydrogen) atoms. The summed E-state index contributed by atoms with van der Waals surface area (Å²) >= 11 is 0. The van der Waals surface area contributed by atoms with Crippen LogP contribution >= 0.6 is 0 Å². The number of aromatic nitrogens is 2. The first kappa shape index (κ1) is 13.2. The van der Waals surface area contributed by atoms with Gasteiger partial charge in [0.15, 0.2) is 0 Å². The van der Waals surface area contributed by atoms with E-state index in [1.54, 1.807) is 6.33 Å². The van der Waals surface area contributed by atoms with Crippen LogP contribution < -0.4 is 10.2 Å². The Labute approximate surface area is 109 Å². The molecule has 0 amide bonds. The van der Waals surface area contributed by atoms with E-state index in [4.69, 9.17) is 0 Å². The van der Waals surface area contributed by atoms with Crippen LogP contribution in [0.2, 0.25) is 0 Å². The summed E-state index contributed by atoms with van der Waals surface area (Å²) in [7, 11) is 2.18. The molecule has 1 fully saturated rings. The van der Waals surface area contributed by atoms with E-state index in [1.165, 1.54) is 18.5 Å². The highest BCUT2D eigenvalue weighted by Gasteiger charge is 2.16. The van der Waals surface area contributed by atoms with Crippen molar-refractivity contribution in [2.75, 3.05) is 44.7 Å². The van der Waals surface area contributed by atoms with Gasteiger partial charge in [0.05, 0.1) is 0 Å². The van der Waals surface area contributed by atoms with E-state index in [0.29, 0.717) is 0 Å². The largest absolute Gasteiger partial charge is 0.355 e. The smallest absolute Gasteiger partial charge is 0.136 e. The van der Waals surface area contributed by atoms with Gasteiger partial charge in [0.1, 0.15) is 12.1 Å². The molecule has 1 aliphatic rings. The quantitative estimate of drug-likeness (QED) is 0.852. The third-order valence-corrected chi connectivity index (χ3v) is 3.35. The normalized spacial score (nSPS) is 17.8. The minimum Gasteiger partial charge on any atom is -0.355 e. The van der Waals surface area contributed by atoms with Gasteiger partial charge in [-0.2, -0.15) is 0 Å². The Bertz CT molecular complexity index is 368. The summed E-state index contributed by atoms with van der Waals surface area (Å²) < 4.78 is 0. The average molecular weight is 249 g/mol. The van der Waals surface area contributed by atoms with Crippen molar-refractivity contribution in [3.05, 3.63) is 18.1 Å². The van der Waals surface area contributed by atoms with Crippen LogP contribution in [0.4, 0.5) is 5.82 Å². The Morgan fingerprint density at radius 3 is 3.00 bits per heavy atom. The molecule has 5 nitrogen and oxygen atoms in total. The van der Waals surface area contributed by atoms with E-state index in [2.05, 4.69) is 39.1 Å². The van der Waals surface area contributed by atoms with Crippen molar-refractivity contribution in [3.63, 3.8) is 0 Å². The van der Waals surface area contributed by atoms with Crippen molar-refractivity contribution < 1.29 is 0 Å². The molecule has 2 rings (SSSR count). The maximum absolute atomic E-state index is 4.48. The number of likely N-dealkylation sites (N-methyl/N-ethyl adjacent to an activating group) is 1. The molecule has 1 saturated heterocycles. The van der Waals surface area contributed by atoms with Gasteiger partial charge in [-0.15, -0.1) is 0 Å². The highest BCUT2D eigenvalue weighted by atomic mass is 15.2. The maximum Gasteiger partial charge on any atom is 0.136 e. The van der Waals surface area contributed by atoms with Crippen molar-refractivity contribution in [2.24, 2.45) is 0 Å². The second-order valence-corrected chi connectivity index (χ2v) is 4.80. The summed E-state index contributed by atoms with van der Waals surface area (Å²) in [4.78, 5) is 13.4. The van der Waals surface area contributed by atoms with E-state index in [1.807, 2.05) is 6.20 Å². The maximum atomic E-state index is 4.48. The van der Waals surface area contributed by atoms with Gasteiger partial charge >= 0.3 is 0 Å². The monoisotopic (exact) mass is 249 g/mol. The standard InChI is InChI=1S/C13H23N5/c1-3-14-9-12-10-15-11-16-13(12)18-6-4-5-17(2)7-8-18/h10-11,14H,3-9H2,1-2H3. The molecule has 0 radical (unpaired) electrons. The van der Waals surface area contributed by atoms with E-state index in [9.17, 15) is 0 Å². The molecule has 2 heterocycles. The first-order valence-electron chi connectivity index (χ1n) is 6.74. The third kappa shape index (κ3) is 3.40. The molecule has 5 heteroatoms. The molecule has 1 aromatic rings. The average Bonchev–Trinajstić information content (AvgIpc) is 2.61. The lowest BCUT2D eigenvalue weighted by molar-refractivity contribution is 0.360. The number of rotatable bonds is 4. The highest BCUT2D eigenvalue weighted by molar-refractivity contribution is 5.45. The fourth-order valence-corrected chi connectivity index (χ4v) is 2.28. The predicted octanol–water partition coefficient (Wildman–Crippen LogP) is 0.728. The van der Waals surface area contributed by atoms with Gasteiger partial charge in [-0.25, -0.2) is 9.97 Å². The lowest BCUT2D eigenvalue weighted by Gasteiger charge is -2.23. The number of nitrogens with zero attached hydrogens (tertiary/aromatic N) is 4. The van der Waals surface area contributed by atoms with Crippen LogP contribution in [0.15, 0.2) is 12.5 Å². The minimum absolute atomic E-state index is 0.846. The van der Waals surface area contributed by atoms with Crippen molar-refractivity contribution in [3.8, 4) is 0 Å². The topological polar surface area (TPSA) is 44.3 Å². The van der Waals surface area contributed by atoms with Crippen molar-refractivity contribution in [1.82, 2.24) is 20.2 Å². The van der Waals surface area contributed by atoms with E-state index >= 15 is 0 Å². The summed E-state index contributed by atoms with van der Waals surface area (Å²) in [5.74, 6) is 1.10. The van der Waals surface area contributed by atoms with Gasteiger partial charge in [0, 0.05) is 37.9 Å². The SMILES string of the molecule is CCNCc1cncnc1N1CCCN(C)CC1. The first-order chi connectivity index (χ1) is 8.81. The van der Waals surface area contributed by atoms with E-state index < -0.39 is 0 Å². The molecular formula is C13H23N5. The fraction of sp³-hybridized carbons (Fsp3) is 0.692. The van der Waals surface area contributed by atoms with Crippen LogP contribution in [-0.2, 0) is 6.54 Å². The van der Waals surface area contributed by atoms with E-state index in [0.717, 1.165) is 38.5 Å². The van der Waals surface area contributed by atoms with Crippen LogP contribution in [0.3, 0.4) is 0 Å². The molecule has 0 aliphatic carbocycles. The Morgan fingerprint density at radius 1 is 1.28 bits per heavy atom. The van der Waals surface area contributed by atoms with Crippen LogP contribution in [0.5, 0.6) is 0 Å². The third-order valence-electron chi connectivity index (χ3n) is 3.35. The number of anilines is 1. The van der Waals surface area contributed by atoms with Gasteiger partial charge in [0.25, 0.3) is 0 Å². The van der Waals surface area contributed by atoms with Crippen LogP contribution in [0.25, 0.3) is 0 Å². The molecule has 0 saturated carbocycles. The summed E-state index contributed by atoms with van der Waals surface area (Å²) in [6.45, 7) is 8.34. The summed E-state index contributed by atoms with van der Waals surface area (Å²) in [6.07, 6.45) is 4.78. The molecule has 100 valence electrons. The zero-order valence-corrected chi connectivity index (χ0v) is 11.4. The lowest BCUT2D eigenvalue weighted by Crippen LogP contribution is -2.31. The Morgan fingerprint density at radius 2 is 2.17 bits per heavy atom. The van der Waals surface area contributed by atoms with Gasteiger partial charge < -0.3 is 15.1 Å². The minimum atomic E-state index is 0.846. The number of hydrogen-bond acceptors (Lipinski definition) is 5. The second-order valence-electron chi connectivity index (χ2n) is 4.80. The van der Waals surface area contributed by atoms with Gasteiger partial charge in [-0.3, -0.25) is 0 Å². The summed E-state index contributed by atoms with van der Waals surface area (Å²) in [5.41, 5.74) is 1.20. The van der Waals surface area contributed by atoms with Crippen LogP contribution in [0, 0.1) is 0 Å². The zero-order chi connectivity index (χ0) is 12.8. The first-order valence-corrected chi connectivity index (χ1v) is 6.74. The molecule has 0 spiro atoms. The molecular weight excluding hydrogens is 226 g/mol. The van der Waals surface area contributed by atoms with Crippen LogP contribution in [-0.4, -0.2) is 54.6 Å². The van der Waals surface area contributed by atoms with E-state index in [-0.39, 0.29) is 0 Å². The summed E-state index contributed by atoms with van der Waals surface area (Å²) in [5, 5.41) is 3.35. The molecule has 1 aromatic heterocycles. The Hall–Kier alpha value is -1.20. The molecule has 1 N–H and O–H groups in total. The molecule has 0 aromatic carbocycles. The van der Waals surface area contributed by atoms with Crippen molar-refractivity contribution in [2.45, 2.75) is 19.9 Å². The Kier molecular flexibility index (Phi) is 4.90. The van der Waals surface area contributed by atoms with Crippen molar-refractivity contribution >= 4 is 5.82 Å². The predicted molar refractivity (Wildman–Crippen MR) is 73.7 cm³/mol. The fourth-order valence-electron chi connectivity index (χ4n) is 2.28. The second kappa shape index (κ2) is 6.66.